The maximum atomic E-state index is 6.63. The number of rotatable bonds is 5. The van der Waals surface area contributed by atoms with Crippen molar-refractivity contribution in [2.24, 2.45) is 0 Å². The van der Waals surface area contributed by atoms with Crippen LogP contribution in [0.4, 0.5) is 0 Å². The molecule has 4 heteroatoms. The minimum atomic E-state index is -0.477. The van der Waals surface area contributed by atoms with Crippen molar-refractivity contribution in [2.75, 3.05) is 0 Å². The van der Waals surface area contributed by atoms with E-state index in [1.807, 2.05) is 30.3 Å². The van der Waals surface area contributed by atoms with Crippen molar-refractivity contribution >= 4 is 11.6 Å². The fraction of sp³-hybridized carbons (Fsp3) is 0.0488. The number of fused-ring (bicyclic) bond motifs is 3. The van der Waals surface area contributed by atoms with E-state index in [1.54, 1.807) is 0 Å². The molecule has 6 aromatic rings. The highest BCUT2D eigenvalue weighted by Crippen LogP contribution is 2.59. The maximum Gasteiger partial charge on any atom is 0.226 e. The third-order valence-electron chi connectivity index (χ3n) is 8.85. The normalized spacial score (nSPS) is 16.5. The number of halogens is 1. The minimum absolute atomic E-state index is 0.169. The largest absolute Gasteiger partial charge is 0.226 e. The zero-order valence-corrected chi connectivity index (χ0v) is 25.2. The van der Waals surface area contributed by atoms with Gasteiger partial charge in [-0.1, -0.05) is 158 Å². The summed E-state index contributed by atoms with van der Waals surface area (Å²) in [6, 6.07) is 44.7. The number of hydrogen-bond donors (Lipinski definition) is 0. The molecule has 0 saturated heterocycles. The second kappa shape index (κ2) is 11.3. The van der Waals surface area contributed by atoms with Crippen LogP contribution >= 0.6 is 11.6 Å². The second-order valence-electron chi connectivity index (χ2n) is 11.3. The van der Waals surface area contributed by atoms with Crippen LogP contribution in [0.25, 0.3) is 45.0 Å². The van der Waals surface area contributed by atoms with E-state index in [1.165, 1.54) is 27.8 Å². The smallest absolute Gasteiger partial charge is 0.208 e. The van der Waals surface area contributed by atoms with Crippen molar-refractivity contribution in [3.8, 4) is 45.0 Å². The predicted octanol–water partition coefficient (Wildman–Crippen LogP) is 10.3. The minimum Gasteiger partial charge on any atom is -0.208 e. The summed E-state index contributed by atoms with van der Waals surface area (Å²) in [5, 5.41) is 0.169. The molecule has 0 amide bonds. The molecule has 3 nitrogen and oxygen atoms in total. The monoisotopic (exact) mass is 597 g/mol. The first-order chi connectivity index (χ1) is 22.2. The van der Waals surface area contributed by atoms with Gasteiger partial charge in [0.25, 0.3) is 0 Å². The van der Waals surface area contributed by atoms with E-state index in [0.717, 1.165) is 34.2 Å². The Labute approximate surface area is 268 Å². The summed E-state index contributed by atoms with van der Waals surface area (Å²) in [5.41, 5.74) is 11.0. The average molecular weight is 598 g/mol. The van der Waals surface area contributed by atoms with Crippen LogP contribution in [0.15, 0.2) is 163 Å². The molecule has 1 aromatic heterocycles. The summed E-state index contributed by atoms with van der Waals surface area (Å²) >= 11 is 6.63. The Hall–Kier alpha value is -5.38. The number of aromatic nitrogens is 3. The highest BCUT2D eigenvalue weighted by Gasteiger charge is 2.47. The van der Waals surface area contributed by atoms with Crippen molar-refractivity contribution in [2.45, 2.75) is 11.8 Å². The van der Waals surface area contributed by atoms with Crippen LogP contribution < -0.4 is 0 Å². The molecular formula is C41H28ClN3. The SMILES string of the molecule is Clc1nc(-c2ccc(-c3ccccc3)cc2)nc(-c2cccc3c2-c2ccccc2C3(C2=CC=CC=CC2)c2ccccc2)n1. The molecule has 0 bridgehead atoms. The predicted molar refractivity (Wildman–Crippen MR) is 184 cm³/mol. The van der Waals surface area contributed by atoms with E-state index in [9.17, 15) is 0 Å². The van der Waals surface area contributed by atoms with E-state index in [0.29, 0.717) is 11.6 Å². The van der Waals surface area contributed by atoms with Crippen LogP contribution in [0.5, 0.6) is 0 Å². The van der Waals surface area contributed by atoms with Gasteiger partial charge in [0, 0.05) is 11.1 Å². The topological polar surface area (TPSA) is 38.7 Å². The van der Waals surface area contributed by atoms with Crippen LogP contribution in [0, 0.1) is 0 Å². The molecular weight excluding hydrogens is 570 g/mol. The molecule has 0 aliphatic heterocycles. The van der Waals surface area contributed by atoms with Crippen molar-refractivity contribution in [1.29, 1.82) is 0 Å². The van der Waals surface area contributed by atoms with Gasteiger partial charge < -0.3 is 0 Å². The lowest BCUT2D eigenvalue weighted by atomic mass is 9.66. The molecule has 2 aliphatic carbocycles. The third-order valence-corrected chi connectivity index (χ3v) is 9.02. The summed E-state index contributed by atoms with van der Waals surface area (Å²) in [6.45, 7) is 0. The Morgan fingerprint density at radius 3 is 1.98 bits per heavy atom. The summed E-state index contributed by atoms with van der Waals surface area (Å²) in [7, 11) is 0. The van der Waals surface area contributed by atoms with Gasteiger partial charge in [-0.15, -0.1) is 0 Å². The lowest BCUT2D eigenvalue weighted by Crippen LogP contribution is -2.29. The lowest BCUT2D eigenvalue weighted by Gasteiger charge is -2.35. The standard InChI is InChI=1S/C41H28ClN3/c42-40-44-38(30-26-24-29(25-27-30)28-14-5-3-6-15-28)43-39(45-40)34-21-13-23-36-37(34)33-20-11-12-22-35(33)41(36,32-18-9-4-10-19-32)31-16-7-1-2-8-17-31/h1-16,18-27H,17H2. The van der Waals surface area contributed by atoms with Crippen LogP contribution in [-0.4, -0.2) is 15.0 Å². The van der Waals surface area contributed by atoms with Gasteiger partial charge in [0.1, 0.15) is 0 Å². The van der Waals surface area contributed by atoms with Gasteiger partial charge in [-0.25, -0.2) is 4.98 Å². The molecule has 1 heterocycles. The van der Waals surface area contributed by atoms with Gasteiger partial charge >= 0.3 is 0 Å². The molecule has 0 fully saturated rings. The molecule has 5 aromatic carbocycles. The molecule has 214 valence electrons. The van der Waals surface area contributed by atoms with Gasteiger partial charge in [0.2, 0.25) is 5.28 Å². The van der Waals surface area contributed by atoms with E-state index >= 15 is 0 Å². The Morgan fingerprint density at radius 1 is 0.511 bits per heavy atom. The molecule has 1 atom stereocenters. The Balaban J connectivity index is 1.33. The van der Waals surface area contributed by atoms with Gasteiger partial charge in [0.15, 0.2) is 11.6 Å². The van der Waals surface area contributed by atoms with Gasteiger partial charge in [-0.05, 0) is 62.5 Å². The Bertz CT molecular complexity index is 2130. The fourth-order valence-corrected chi connectivity index (χ4v) is 7.10. The summed E-state index contributed by atoms with van der Waals surface area (Å²) in [5.74, 6) is 1.10. The summed E-state index contributed by atoms with van der Waals surface area (Å²) < 4.78 is 0. The second-order valence-corrected chi connectivity index (χ2v) is 11.6. The van der Waals surface area contributed by atoms with Gasteiger partial charge in [-0.3, -0.25) is 0 Å². The number of allylic oxidation sites excluding steroid dienone is 6. The first-order valence-corrected chi connectivity index (χ1v) is 15.5. The highest BCUT2D eigenvalue weighted by atomic mass is 35.5. The van der Waals surface area contributed by atoms with Crippen molar-refractivity contribution in [3.05, 3.63) is 185 Å². The quantitative estimate of drug-likeness (QED) is 0.198. The fourth-order valence-electron chi connectivity index (χ4n) is 6.94. The molecule has 0 radical (unpaired) electrons. The lowest BCUT2D eigenvalue weighted by molar-refractivity contribution is 0.727. The molecule has 45 heavy (non-hydrogen) atoms. The summed E-state index contributed by atoms with van der Waals surface area (Å²) in [4.78, 5) is 14.3. The Kier molecular flexibility index (Phi) is 6.81. The van der Waals surface area contributed by atoms with Crippen LogP contribution in [0.2, 0.25) is 5.28 Å². The highest BCUT2D eigenvalue weighted by molar-refractivity contribution is 6.28. The Morgan fingerprint density at radius 2 is 1.16 bits per heavy atom. The van der Waals surface area contributed by atoms with E-state index in [-0.39, 0.29) is 5.28 Å². The van der Waals surface area contributed by atoms with Gasteiger partial charge in [-0.2, -0.15) is 9.97 Å². The average Bonchev–Trinajstić information content (AvgIpc) is 3.21. The number of hydrogen-bond acceptors (Lipinski definition) is 3. The van der Waals surface area contributed by atoms with Crippen LogP contribution in [0.1, 0.15) is 23.1 Å². The molecule has 0 spiro atoms. The molecule has 2 aliphatic rings. The van der Waals surface area contributed by atoms with E-state index in [2.05, 4.69) is 132 Å². The maximum absolute atomic E-state index is 6.63. The zero-order valence-electron chi connectivity index (χ0n) is 24.4. The molecule has 1 unspecified atom stereocenters. The van der Waals surface area contributed by atoms with Crippen molar-refractivity contribution in [1.82, 2.24) is 15.0 Å². The summed E-state index contributed by atoms with van der Waals surface area (Å²) in [6.07, 6.45) is 11.7. The number of benzene rings is 5. The first-order valence-electron chi connectivity index (χ1n) is 15.1. The molecule has 0 saturated carbocycles. The van der Waals surface area contributed by atoms with Crippen molar-refractivity contribution < 1.29 is 0 Å². The third kappa shape index (κ3) is 4.56. The zero-order chi connectivity index (χ0) is 30.2. The van der Waals surface area contributed by atoms with Crippen LogP contribution in [-0.2, 0) is 5.41 Å². The van der Waals surface area contributed by atoms with Crippen LogP contribution in [0.3, 0.4) is 0 Å². The number of nitrogens with zero attached hydrogens (tertiary/aromatic N) is 3. The first kappa shape index (κ1) is 27.2. The molecule has 8 rings (SSSR count). The van der Waals surface area contributed by atoms with Crippen molar-refractivity contribution in [3.63, 3.8) is 0 Å². The van der Waals surface area contributed by atoms with E-state index in [4.69, 9.17) is 21.6 Å². The van der Waals surface area contributed by atoms with Gasteiger partial charge in [0.05, 0.1) is 5.41 Å². The van der Waals surface area contributed by atoms with E-state index < -0.39 is 5.41 Å². The molecule has 0 N–H and O–H groups in total.